The standard InChI is InChI=1S/C36H68N2O16Si2/c1-9-33(39)45-29-31(53-35(41)37-21-19-25-55(47-11-3,48-12-4)49-13-5)27-43-23-17-18-24-44-28-32(30-46-34(40)10-2)54-36(42)38-22-20-26-56(50-14-6,51-15-7)52-16-8/h9-10,31-32H,1-2,11-30H2,3-8H3,(H,37,41)(H,38,42). The molecule has 0 aromatic carbocycles. The highest BCUT2D eigenvalue weighted by atomic mass is 28.4. The van der Waals surface area contributed by atoms with Crippen LogP contribution in [0.15, 0.2) is 25.3 Å². The zero-order valence-corrected chi connectivity index (χ0v) is 36.4. The molecule has 2 amide bonds. The van der Waals surface area contributed by atoms with E-state index in [9.17, 15) is 19.2 Å². The molecule has 20 heteroatoms. The van der Waals surface area contributed by atoms with Gasteiger partial charge in [-0.25, -0.2) is 19.2 Å². The van der Waals surface area contributed by atoms with E-state index in [1.807, 2.05) is 41.5 Å². The number of unbranched alkanes of at least 4 members (excludes halogenated alkanes) is 1. The predicted octanol–water partition coefficient (Wildman–Crippen LogP) is 4.32. The maximum Gasteiger partial charge on any atom is 0.500 e. The minimum absolute atomic E-state index is 0.0283. The van der Waals surface area contributed by atoms with Gasteiger partial charge in [0, 0.05) is 90.2 Å². The minimum atomic E-state index is -2.84. The summed E-state index contributed by atoms with van der Waals surface area (Å²) in [5.74, 6) is -1.33. The van der Waals surface area contributed by atoms with E-state index in [2.05, 4.69) is 23.8 Å². The summed E-state index contributed by atoms with van der Waals surface area (Å²) in [4.78, 5) is 48.4. The quantitative estimate of drug-likeness (QED) is 0.0294. The average molecular weight is 841 g/mol. The minimum Gasteiger partial charge on any atom is -0.458 e. The Kier molecular flexibility index (Phi) is 32.4. The van der Waals surface area contributed by atoms with E-state index in [1.54, 1.807) is 0 Å². The molecule has 0 aromatic rings. The zero-order valence-electron chi connectivity index (χ0n) is 34.4. The van der Waals surface area contributed by atoms with E-state index >= 15 is 0 Å². The summed E-state index contributed by atoms with van der Waals surface area (Å²) >= 11 is 0. The molecule has 2 N–H and O–H groups in total. The normalized spacial score (nSPS) is 12.6. The topological polar surface area (TPSA) is 203 Å². The fourth-order valence-corrected chi connectivity index (χ4v) is 10.1. The molecule has 0 fully saturated rings. The van der Waals surface area contributed by atoms with Gasteiger partial charge in [0.15, 0.2) is 12.2 Å². The Balaban J connectivity index is 4.78. The molecule has 0 aliphatic carbocycles. The molecule has 2 atom stereocenters. The van der Waals surface area contributed by atoms with Crippen molar-refractivity contribution >= 4 is 41.7 Å². The van der Waals surface area contributed by atoms with Gasteiger partial charge in [0.2, 0.25) is 0 Å². The van der Waals surface area contributed by atoms with Gasteiger partial charge >= 0.3 is 41.7 Å². The molecule has 0 saturated heterocycles. The largest absolute Gasteiger partial charge is 0.500 e. The first-order valence-corrected chi connectivity index (χ1v) is 23.3. The molecule has 0 radical (unpaired) electrons. The lowest BCUT2D eigenvalue weighted by Gasteiger charge is -2.28. The predicted molar refractivity (Wildman–Crippen MR) is 210 cm³/mol. The van der Waals surface area contributed by atoms with Crippen LogP contribution in [0.3, 0.4) is 0 Å². The number of rotatable bonds is 37. The molecule has 2 unspecified atom stereocenters. The van der Waals surface area contributed by atoms with Crippen molar-refractivity contribution in [1.82, 2.24) is 10.6 Å². The molecule has 0 saturated carbocycles. The van der Waals surface area contributed by atoms with Crippen LogP contribution in [0.4, 0.5) is 9.59 Å². The van der Waals surface area contributed by atoms with Crippen LogP contribution in [0.5, 0.6) is 0 Å². The SMILES string of the molecule is C=CC(=O)OCC(COCCCCOCC(COC(=O)C=C)OC(=O)NCCC[Si](OCC)(OCC)OCC)OC(=O)NCCC[Si](OCC)(OCC)OCC. The van der Waals surface area contributed by atoms with E-state index in [0.717, 1.165) is 12.2 Å². The van der Waals surface area contributed by atoms with E-state index in [0.29, 0.717) is 90.6 Å². The van der Waals surface area contributed by atoms with Crippen LogP contribution in [-0.2, 0) is 64.6 Å². The van der Waals surface area contributed by atoms with Crippen LogP contribution in [0.25, 0.3) is 0 Å². The summed E-state index contributed by atoms with van der Waals surface area (Å²) in [6.45, 7) is 21.4. The molecule has 326 valence electrons. The van der Waals surface area contributed by atoms with E-state index in [1.165, 1.54) is 0 Å². The summed E-state index contributed by atoms with van der Waals surface area (Å²) < 4.78 is 67.5. The van der Waals surface area contributed by atoms with Crippen LogP contribution >= 0.6 is 0 Å². The van der Waals surface area contributed by atoms with Crippen molar-refractivity contribution in [2.24, 2.45) is 0 Å². The Morgan fingerprint density at radius 3 is 1.12 bits per heavy atom. The number of nitrogens with one attached hydrogen (secondary N) is 2. The monoisotopic (exact) mass is 840 g/mol. The van der Waals surface area contributed by atoms with Crippen LogP contribution in [0.1, 0.15) is 67.2 Å². The van der Waals surface area contributed by atoms with Gasteiger partial charge < -0.3 is 65.6 Å². The van der Waals surface area contributed by atoms with Gasteiger partial charge in [0.1, 0.15) is 13.2 Å². The molecule has 0 bridgehead atoms. The van der Waals surface area contributed by atoms with Gasteiger partial charge in [-0.15, -0.1) is 0 Å². The highest BCUT2D eigenvalue weighted by Crippen LogP contribution is 2.19. The van der Waals surface area contributed by atoms with Crippen LogP contribution in [-0.4, -0.2) is 146 Å². The van der Waals surface area contributed by atoms with Gasteiger partial charge in [-0.1, -0.05) is 13.2 Å². The lowest BCUT2D eigenvalue weighted by Crippen LogP contribution is -2.46. The van der Waals surface area contributed by atoms with Crippen molar-refractivity contribution in [2.45, 2.75) is 91.5 Å². The number of esters is 2. The number of carbonyl (C=O) groups is 4. The summed E-state index contributed by atoms with van der Waals surface area (Å²) in [5.41, 5.74) is 0. The number of alkyl carbamates (subject to hydrolysis) is 2. The lowest BCUT2D eigenvalue weighted by atomic mass is 10.3. The Morgan fingerprint density at radius 1 is 0.518 bits per heavy atom. The van der Waals surface area contributed by atoms with Crippen LogP contribution in [0, 0.1) is 0 Å². The molecule has 56 heavy (non-hydrogen) atoms. The number of hydrogen-bond donors (Lipinski definition) is 2. The van der Waals surface area contributed by atoms with Crippen molar-refractivity contribution < 1.29 is 74.2 Å². The Bertz CT molecular complexity index is 974. The molecule has 0 aliphatic rings. The van der Waals surface area contributed by atoms with Crippen molar-refractivity contribution in [1.29, 1.82) is 0 Å². The number of amides is 2. The van der Waals surface area contributed by atoms with Crippen molar-refractivity contribution in [3.63, 3.8) is 0 Å². The third kappa shape index (κ3) is 26.1. The van der Waals surface area contributed by atoms with Gasteiger partial charge in [-0.3, -0.25) is 0 Å². The smallest absolute Gasteiger partial charge is 0.458 e. The third-order valence-electron chi connectivity index (χ3n) is 7.18. The average Bonchev–Trinajstić information content (AvgIpc) is 3.17. The second-order valence-electron chi connectivity index (χ2n) is 11.6. The zero-order chi connectivity index (χ0) is 41.9. The first-order valence-electron chi connectivity index (χ1n) is 19.5. The number of ether oxygens (including phenoxy) is 6. The maximum atomic E-state index is 12.5. The first-order chi connectivity index (χ1) is 27.0. The molecule has 0 aromatic heterocycles. The molecule has 0 rings (SSSR count). The van der Waals surface area contributed by atoms with Crippen LogP contribution in [0.2, 0.25) is 12.1 Å². The van der Waals surface area contributed by atoms with Crippen molar-refractivity contribution in [3.05, 3.63) is 25.3 Å². The highest BCUT2D eigenvalue weighted by Gasteiger charge is 2.40. The third-order valence-corrected chi connectivity index (χ3v) is 13.5. The summed E-state index contributed by atoms with van der Waals surface area (Å²) in [6.07, 6.45) is 1.11. The van der Waals surface area contributed by atoms with E-state index < -0.39 is 53.9 Å². The molecule has 0 aliphatic heterocycles. The van der Waals surface area contributed by atoms with E-state index in [-0.39, 0.29) is 39.5 Å². The van der Waals surface area contributed by atoms with Crippen molar-refractivity contribution in [3.8, 4) is 0 Å². The van der Waals surface area contributed by atoms with Gasteiger partial charge in [0.05, 0.1) is 13.2 Å². The van der Waals surface area contributed by atoms with Gasteiger partial charge in [-0.2, -0.15) is 0 Å². The number of carbonyl (C=O) groups excluding carboxylic acids is 4. The molecule has 0 spiro atoms. The Morgan fingerprint density at radius 2 is 0.839 bits per heavy atom. The molecular formula is C36H68N2O16Si2. The van der Waals surface area contributed by atoms with Crippen LogP contribution < -0.4 is 10.6 Å². The Hall–Kier alpha value is -2.93. The second kappa shape index (κ2) is 34.1. The lowest BCUT2D eigenvalue weighted by molar-refractivity contribution is -0.142. The van der Waals surface area contributed by atoms with E-state index in [4.69, 9.17) is 55.0 Å². The summed E-state index contributed by atoms with van der Waals surface area (Å²) in [6, 6.07) is 1.04. The Labute approximate surface area is 335 Å². The van der Waals surface area contributed by atoms with Gasteiger partial charge in [0.25, 0.3) is 0 Å². The fourth-order valence-electron chi connectivity index (χ4n) is 4.92. The van der Waals surface area contributed by atoms with Gasteiger partial charge in [-0.05, 0) is 67.2 Å². The second-order valence-corrected chi connectivity index (χ2v) is 17.1. The highest BCUT2D eigenvalue weighted by molar-refractivity contribution is 6.61. The maximum absolute atomic E-state index is 12.5. The fraction of sp³-hybridized carbons (Fsp3) is 0.778. The first kappa shape index (κ1) is 53.1. The molecule has 0 heterocycles. The molecular weight excluding hydrogens is 773 g/mol. The molecule has 18 nitrogen and oxygen atoms in total. The van der Waals surface area contributed by atoms with Crippen molar-refractivity contribution in [2.75, 3.05) is 92.4 Å². The number of hydrogen-bond acceptors (Lipinski definition) is 16. The summed E-state index contributed by atoms with van der Waals surface area (Å²) in [7, 11) is -5.69. The summed E-state index contributed by atoms with van der Waals surface area (Å²) in [5, 5.41) is 5.38.